The second-order valence-electron chi connectivity index (χ2n) is 8.76. The summed E-state index contributed by atoms with van der Waals surface area (Å²) in [6.07, 6.45) is 0. The molecule has 1 heterocycles. The number of H-pyrrole nitrogens is 1. The lowest BCUT2D eigenvalue weighted by atomic mass is 10.1. The number of aromatic nitrogens is 2. The number of amides is 1. The van der Waals surface area contributed by atoms with E-state index in [0.29, 0.717) is 22.9 Å². The Kier molecular flexibility index (Phi) is 6.85. The summed E-state index contributed by atoms with van der Waals surface area (Å²) in [7, 11) is -2.20. The quantitative estimate of drug-likeness (QED) is 0.282. The largest absolute Gasteiger partial charge is 0.484 e. The summed E-state index contributed by atoms with van der Waals surface area (Å²) in [5.74, 6) is 0.760. The van der Waals surface area contributed by atoms with Gasteiger partial charge in [0.2, 0.25) is 0 Å². The minimum absolute atomic E-state index is 0.213. The molecule has 1 aromatic heterocycles. The third kappa shape index (κ3) is 5.23. The number of benzene rings is 4. The maximum atomic E-state index is 12.9. The predicted molar refractivity (Wildman–Crippen MR) is 149 cm³/mol. The molecule has 0 saturated carbocycles. The highest BCUT2D eigenvalue weighted by Gasteiger charge is 2.21. The molecule has 0 spiro atoms. The Morgan fingerprint density at radius 3 is 2.34 bits per heavy atom. The SMILES string of the molecule is Cc1ccc(S(=O)(=O)N(C)c2ccc(OCC(=O)Nc3ccccc3-c3nc4ccccc4[nH]3)cc2)cc1. The van der Waals surface area contributed by atoms with Gasteiger partial charge in [0.05, 0.1) is 27.3 Å². The second-order valence-corrected chi connectivity index (χ2v) is 10.7. The van der Waals surface area contributed by atoms with E-state index in [-0.39, 0.29) is 17.4 Å². The van der Waals surface area contributed by atoms with Crippen molar-refractivity contribution in [1.29, 1.82) is 0 Å². The van der Waals surface area contributed by atoms with Gasteiger partial charge in [-0.15, -0.1) is 0 Å². The molecule has 0 aliphatic heterocycles. The fourth-order valence-electron chi connectivity index (χ4n) is 3.97. The number of carbonyl (C=O) groups is 1. The highest BCUT2D eigenvalue weighted by molar-refractivity contribution is 7.92. The van der Waals surface area contributed by atoms with E-state index in [9.17, 15) is 13.2 Å². The number of imidazole rings is 1. The molecule has 5 aromatic rings. The number of anilines is 2. The molecule has 5 rings (SSSR count). The Labute approximate surface area is 221 Å². The lowest BCUT2D eigenvalue weighted by Gasteiger charge is -2.20. The van der Waals surface area contributed by atoms with Gasteiger partial charge in [-0.1, -0.05) is 42.0 Å². The van der Waals surface area contributed by atoms with Crippen molar-refractivity contribution in [3.05, 3.63) is 103 Å². The molecule has 2 N–H and O–H groups in total. The summed E-state index contributed by atoms with van der Waals surface area (Å²) >= 11 is 0. The van der Waals surface area contributed by atoms with Crippen molar-refractivity contribution >= 4 is 38.3 Å². The van der Waals surface area contributed by atoms with E-state index >= 15 is 0 Å². The number of aromatic amines is 1. The standard InChI is InChI=1S/C29H26N4O4S/c1-20-11-17-23(18-12-20)38(35,36)33(2)21-13-15-22(16-14-21)37-19-28(34)30-25-8-4-3-7-24(25)29-31-26-9-5-6-10-27(26)32-29/h3-18H,19H2,1-2H3,(H,30,34)(H,31,32). The van der Waals surface area contributed by atoms with E-state index in [1.807, 2.05) is 49.4 Å². The molecule has 0 radical (unpaired) electrons. The predicted octanol–water partition coefficient (Wildman–Crippen LogP) is 5.38. The minimum Gasteiger partial charge on any atom is -0.484 e. The molecule has 4 aromatic carbocycles. The van der Waals surface area contributed by atoms with E-state index in [0.717, 1.165) is 22.2 Å². The summed E-state index contributed by atoms with van der Waals surface area (Å²) in [6.45, 7) is 1.68. The van der Waals surface area contributed by atoms with E-state index < -0.39 is 10.0 Å². The summed E-state index contributed by atoms with van der Waals surface area (Å²) in [6, 6.07) is 28.4. The van der Waals surface area contributed by atoms with E-state index in [1.54, 1.807) is 54.6 Å². The van der Waals surface area contributed by atoms with E-state index in [2.05, 4.69) is 15.3 Å². The Balaban J connectivity index is 1.23. The van der Waals surface area contributed by atoms with Crippen molar-refractivity contribution < 1.29 is 17.9 Å². The molecule has 0 saturated heterocycles. The van der Waals surface area contributed by atoms with Gasteiger partial charge in [-0.25, -0.2) is 13.4 Å². The lowest BCUT2D eigenvalue weighted by Crippen LogP contribution is -2.26. The maximum absolute atomic E-state index is 12.9. The van der Waals surface area contributed by atoms with Crippen LogP contribution < -0.4 is 14.4 Å². The van der Waals surface area contributed by atoms with Gasteiger partial charge in [0, 0.05) is 12.6 Å². The molecule has 8 nitrogen and oxygen atoms in total. The number of fused-ring (bicyclic) bond motifs is 1. The van der Waals surface area contributed by atoms with Crippen molar-refractivity contribution in [1.82, 2.24) is 9.97 Å². The van der Waals surface area contributed by atoms with Crippen molar-refractivity contribution in [2.24, 2.45) is 0 Å². The molecular weight excluding hydrogens is 500 g/mol. The van der Waals surface area contributed by atoms with Crippen molar-refractivity contribution in [3.63, 3.8) is 0 Å². The van der Waals surface area contributed by atoms with Crippen LogP contribution in [-0.2, 0) is 14.8 Å². The molecule has 0 aliphatic rings. The third-order valence-electron chi connectivity index (χ3n) is 6.10. The molecule has 9 heteroatoms. The lowest BCUT2D eigenvalue weighted by molar-refractivity contribution is -0.118. The smallest absolute Gasteiger partial charge is 0.264 e. The van der Waals surface area contributed by atoms with Gasteiger partial charge in [-0.2, -0.15) is 0 Å². The van der Waals surface area contributed by atoms with E-state index in [4.69, 9.17) is 4.74 Å². The van der Waals surface area contributed by atoms with Crippen molar-refractivity contribution in [3.8, 4) is 17.1 Å². The third-order valence-corrected chi connectivity index (χ3v) is 7.90. The van der Waals surface area contributed by atoms with Gasteiger partial charge in [-0.05, 0) is 67.6 Å². The zero-order valence-corrected chi connectivity index (χ0v) is 21.7. The van der Waals surface area contributed by atoms with Crippen LogP contribution >= 0.6 is 0 Å². The van der Waals surface area contributed by atoms with Crippen molar-refractivity contribution in [2.75, 3.05) is 23.3 Å². The van der Waals surface area contributed by atoms with E-state index in [1.165, 1.54) is 11.4 Å². The summed E-state index contributed by atoms with van der Waals surface area (Å²) in [5, 5.41) is 2.88. The second kappa shape index (κ2) is 10.4. The average molecular weight is 527 g/mol. The van der Waals surface area contributed by atoms with Gasteiger partial charge < -0.3 is 15.0 Å². The van der Waals surface area contributed by atoms with Gasteiger partial charge in [0.1, 0.15) is 11.6 Å². The fraction of sp³-hybridized carbons (Fsp3) is 0.103. The minimum atomic E-state index is -3.70. The molecule has 38 heavy (non-hydrogen) atoms. The van der Waals surface area contributed by atoms with Crippen LogP contribution in [0.15, 0.2) is 102 Å². The first-order valence-electron chi connectivity index (χ1n) is 11.9. The highest BCUT2D eigenvalue weighted by atomic mass is 32.2. The van der Waals surface area contributed by atoms with Gasteiger partial charge in [0.25, 0.3) is 15.9 Å². The number of ether oxygens (including phenoxy) is 1. The number of sulfonamides is 1. The van der Waals surface area contributed by atoms with Gasteiger partial charge in [-0.3, -0.25) is 9.10 Å². The zero-order chi connectivity index (χ0) is 26.7. The normalized spacial score (nSPS) is 11.3. The summed E-state index contributed by atoms with van der Waals surface area (Å²) < 4.78 is 32.7. The number of nitrogens with one attached hydrogen (secondary N) is 2. The number of para-hydroxylation sites is 3. The highest BCUT2D eigenvalue weighted by Crippen LogP contribution is 2.28. The summed E-state index contributed by atoms with van der Waals surface area (Å²) in [5.41, 5.74) is 4.58. The van der Waals surface area contributed by atoms with Gasteiger partial charge in [0.15, 0.2) is 6.61 Å². The van der Waals surface area contributed by atoms with Crippen LogP contribution in [-0.4, -0.2) is 37.9 Å². The molecule has 1 amide bonds. The van der Waals surface area contributed by atoms with Crippen LogP contribution in [0.5, 0.6) is 5.75 Å². The average Bonchev–Trinajstić information content (AvgIpc) is 3.36. The first-order chi connectivity index (χ1) is 18.3. The number of hydrogen-bond donors (Lipinski definition) is 2. The number of carbonyl (C=O) groups excluding carboxylic acids is 1. The molecule has 0 bridgehead atoms. The number of aryl methyl sites for hydroxylation is 1. The topological polar surface area (TPSA) is 104 Å². The fourth-order valence-corrected chi connectivity index (χ4v) is 5.17. The van der Waals surface area contributed by atoms with Crippen LogP contribution in [0, 0.1) is 6.92 Å². The summed E-state index contributed by atoms with van der Waals surface area (Å²) in [4.78, 5) is 20.8. The monoisotopic (exact) mass is 526 g/mol. The van der Waals surface area contributed by atoms with Crippen LogP contribution in [0.4, 0.5) is 11.4 Å². The molecular formula is C29H26N4O4S. The maximum Gasteiger partial charge on any atom is 0.264 e. The van der Waals surface area contributed by atoms with Crippen LogP contribution in [0.2, 0.25) is 0 Å². The Bertz CT molecular complexity index is 1660. The number of nitrogens with zero attached hydrogens (tertiary/aromatic N) is 2. The molecule has 0 aliphatic carbocycles. The first kappa shape index (κ1) is 25.0. The first-order valence-corrected chi connectivity index (χ1v) is 13.4. The number of rotatable bonds is 8. The van der Waals surface area contributed by atoms with Crippen LogP contribution in [0.3, 0.4) is 0 Å². The Morgan fingerprint density at radius 2 is 1.61 bits per heavy atom. The molecule has 0 fully saturated rings. The van der Waals surface area contributed by atoms with Crippen molar-refractivity contribution in [2.45, 2.75) is 11.8 Å². The van der Waals surface area contributed by atoms with Crippen LogP contribution in [0.1, 0.15) is 5.56 Å². The molecule has 0 unspecified atom stereocenters. The Morgan fingerprint density at radius 1 is 0.921 bits per heavy atom. The number of hydrogen-bond acceptors (Lipinski definition) is 5. The molecule has 0 atom stereocenters. The zero-order valence-electron chi connectivity index (χ0n) is 20.9. The molecule has 192 valence electrons. The Hall–Kier alpha value is -4.63. The van der Waals surface area contributed by atoms with Gasteiger partial charge >= 0.3 is 0 Å². The van der Waals surface area contributed by atoms with Crippen LogP contribution in [0.25, 0.3) is 22.4 Å².